The highest BCUT2D eigenvalue weighted by Crippen LogP contribution is 2.25. The molecular weight excluding hydrogens is 498 g/mol. The number of para-hydroxylation sites is 1. The zero-order chi connectivity index (χ0) is 26.5. The van der Waals surface area contributed by atoms with Crippen molar-refractivity contribution >= 4 is 51.9 Å². The van der Waals surface area contributed by atoms with Crippen LogP contribution in [0, 0.1) is 6.92 Å². The number of benzene rings is 2. The summed E-state index contributed by atoms with van der Waals surface area (Å²) in [4.78, 5) is 30.1. The molecule has 8 nitrogen and oxygen atoms in total. The Morgan fingerprint density at radius 2 is 1.92 bits per heavy atom. The van der Waals surface area contributed by atoms with Gasteiger partial charge in [0.25, 0.3) is 5.91 Å². The maximum Gasteiger partial charge on any atom is 0.266 e. The Labute approximate surface area is 225 Å². The van der Waals surface area contributed by atoms with E-state index in [4.69, 9.17) is 4.74 Å². The summed E-state index contributed by atoms with van der Waals surface area (Å²) in [6.07, 6.45) is 3.96. The van der Waals surface area contributed by atoms with Gasteiger partial charge in [0.05, 0.1) is 16.1 Å². The fourth-order valence-corrected chi connectivity index (χ4v) is 5.47. The molecule has 1 fully saturated rings. The highest BCUT2D eigenvalue weighted by molar-refractivity contribution is 7.12. The summed E-state index contributed by atoms with van der Waals surface area (Å²) >= 11 is 1.44. The molecule has 1 aliphatic heterocycles. The number of nitrogens with one attached hydrogen (secondary N) is 2. The van der Waals surface area contributed by atoms with Crippen molar-refractivity contribution in [3.8, 4) is 0 Å². The Kier molecular flexibility index (Phi) is 7.97. The van der Waals surface area contributed by atoms with Crippen molar-refractivity contribution in [1.29, 1.82) is 0 Å². The molecule has 1 saturated heterocycles. The molecule has 2 aromatic heterocycles. The largest absolute Gasteiger partial charge is 0.375 e. The predicted octanol–water partition coefficient (Wildman–Crippen LogP) is 4.65. The summed E-state index contributed by atoms with van der Waals surface area (Å²) in [7, 11) is 1.54. The van der Waals surface area contributed by atoms with E-state index in [0.29, 0.717) is 18.0 Å². The lowest BCUT2D eigenvalue weighted by Gasteiger charge is -2.34. The second-order valence-electron chi connectivity index (χ2n) is 9.39. The third-order valence-corrected chi connectivity index (χ3v) is 7.77. The first-order valence-electron chi connectivity index (χ1n) is 12.6. The van der Waals surface area contributed by atoms with Crippen LogP contribution in [0.3, 0.4) is 0 Å². The minimum absolute atomic E-state index is 0.0295. The number of rotatable bonds is 8. The van der Waals surface area contributed by atoms with Crippen LogP contribution in [-0.2, 0) is 16.1 Å². The number of piperazine rings is 1. The first-order valence-corrected chi connectivity index (χ1v) is 13.5. The SMILES string of the molecule is COCC(=O)N1CCN(Cc2ccc(/C=C/c3n[nH]c4ccccc34)c(NC(=O)c3sccc3C)c2)CC1. The van der Waals surface area contributed by atoms with Gasteiger partial charge in [-0.3, -0.25) is 19.6 Å². The first-order chi connectivity index (χ1) is 18.5. The van der Waals surface area contributed by atoms with Gasteiger partial charge in [0, 0.05) is 50.9 Å². The van der Waals surface area contributed by atoms with Crippen LogP contribution in [0.5, 0.6) is 0 Å². The van der Waals surface area contributed by atoms with Gasteiger partial charge < -0.3 is 15.0 Å². The number of anilines is 1. The second-order valence-corrected chi connectivity index (χ2v) is 10.3. The third kappa shape index (κ3) is 5.85. The smallest absolute Gasteiger partial charge is 0.266 e. The van der Waals surface area contributed by atoms with Gasteiger partial charge in [0.1, 0.15) is 6.61 Å². The van der Waals surface area contributed by atoms with Crippen molar-refractivity contribution < 1.29 is 14.3 Å². The number of ether oxygens (including phenoxy) is 1. The molecule has 3 heterocycles. The summed E-state index contributed by atoms with van der Waals surface area (Å²) in [6.45, 7) is 5.75. The Bertz CT molecular complexity index is 1470. The standard InChI is InChI=1S/C29H31N5O3S/c1-20-11-16-38-28(20)29(36)30-26-17-21(18-33-12-14-34(15-13-33)27(35)19-37-2)7-8-22(26)9-10-25-23-5-3-4-6-24(23)31-32-25/h3-11,16-17H,12-15,18-19H2,1-2H3,(H,30,36)(H,31,32)/b10-9+. The maximum atomic E-state index is 13.1. The van der Waals surface area contributed by atoms with Crippen LogP contribution in [0.4, 0.5) is 5.69 Å². The molecular formula is C29H31N5O3S. The molecule has 0 spiro atoms. The number of carbonyl (C=O) groups is 2. The number of H-pyrrole nitrogens is 1. The van der Waals surface area contributed by atoms with E-state index in [-0.39, 0.29) is 18.4 Å². The normalized spacial score (nSPS) is 14.4. The Morgan fingerprint density at radius 1 is 1.11 bits per heavy atom. The number of hydrogen-bond donors (Lipinski definition) is 2. The molecule has 9 heteroatoms. The minimum Gasteiger partial charge on any atom is -0.375 e. The molecule has 4 aromatic rings. The molecule has 2 aromatic carbocycles. The number of aromatic amines is 1. The van der Waals surface area contributed by atoms with Crippen LogP contribution in [0.1, 0.15) is 32.1 Å². The molecule has 1 aliphatic rings. The summed E-state index contributed by atoms with van der Waals surface area (Å²) in [5.41, 5.74) is 5.54. The van der Waals surface area contributed by atoms with Crippen LogP contribution in [0.15, 0.2) is 53.9 Å². The van der Waals surface area contributed by atoms with E-state index in [1.807, 2.05) is 71.8 Å². The molecule has 0 atom stereocenters. The third-order valence-electron chi connectivity index (χ3n) is 6.75. The topological polar surface area (TPSA) is 90.6 Å². The van der Waals surface area contributed by atoms with Crippen LogP contribution >= 0.6 is 11.3 Å². The van der Waals surface area contributed by atoms with E-state index in [0.717, 1.165) is 58.6 Å². The number of fused-ring (bicyclic) bond motifs is 1. The van der Waals surface area contributed by atoms with Crippen molar-refractivity contribution in [3.05, 3.63) is 81.2 Å². The van der Waals surface area contributed by atoms with Crippen molar-refractivity contribution in [2.45, 2.75) is 13.5 Å². The molecule has 0 radical (unpaired) electrons. The quantitative estimate of drug-likeness (QED) is 0.347. The molecule has 5 rings (SSSR count). The Balaban J connectivity index is 1.36. The summed E-state index contributed by atoms with van der Waals surface area (Å²) in [5, 5.41) is 13.6. The summed E-state index contributed by atoms with van der Waals surface area (Å²) in [5.74, 6) is -0.0818. The number of hydrogen-bond acceptors (Lipinski definition) is 6. The zero-order valence-corrected chi connectivity index (χ0v) is 22.4. The maximum absolute atomic E-state index is 13.1. The monoisotopic (exact) mass is 529 g/mol. The lowest BCUT2D eigenvalue weighted by Crippen LogP contribution is -2.49. The first kappa shape index (κ1) is 25.8. The van der Waals surface area contributed by atoms with Gasteiger partial charge in [-0.2, -0.15) is 5.10 Å². The summed E-state index contributed by atoms with van der Waals surface area (Å²) < 4.78 is 4.98. The second kappa shape index (κ2) is 11.7. The minimum atomic E-state index is -0.111. The molecule has 0 bridgehead atoms. The van der Waals surface area contributed by atoms with Crippen molar-refractivity contribution in [3.63, 3.8) is 0 Å². The van der Waals surface area contributed by atoms with Crippen LogP contribution < -0.4 is 5.32 Å². The lowest BCUT2D eigenvalue weighted by molar-refractivity contribution is -0.136. The van der Waals surface area contributed by atoms with Gasteiger partial charge >= 0.3 is 0 Å². The fraction of sp³-hybridized carbons (Fsp3) is 0.276. The molecule has 2 amide bonds. The molecule has 0 aliphatic carbocycles. The van der Waals surface area contributed by atoms with Crippen molar-refractivity contribution in [2.75, 3.05) is 45.2 Å². The molecule has 0 unspecified atom stereocenters. The Morgan fingerprint density at radius 3 is 2.68 bits per heavy atom. The van der Waals surface area contributed by atoms with Gasteiger partial charge in [-0.15, -0.1) is 11.3 Å². The molecule has 38 heavy (non-hydrogen) atoms. The predicted molar refractivity (Wildman–Crippen MR) is 152 cm³/mol. The van der Waals surface area contributed by atoms with Crippen LogP contribution in [0.25, 0.3) is 23.1 Å². The number of nitrogens with zero attached hydrogens (tertiary/aromatic N) is 3. The van der Waals surface area contributed by atoms with Gasteiger partial charge in [0.2, 0.25) is 5.91 Å². The van der Waals surface area contributed by atoms with E-state index in [1.54, 1.807) is 7.11 Å². The zero-order valence-electron chi connectivity index (χ0n) is 21.6. The molecule has 196 valence electrons. The highest BCUT2D eigenvalue weighted by Gasteiger charge is 2.21. The lowest BCUT2D eigenvalue weighted by atomic mass is 10.1. The number of aryl methyl sites for hydroxylation is 1. The van der Waals surface area contributed by atoms with Gasteiger partial charge in [-0.1, -0.05) is 36.4 Å². The van der Waals surface area contributed by atoms with E-state index in [9.17, 15) is 9.59 Å². The number of carbonyl (C=O) groups excluding carboxylic acids is 2. The number of methoxy groups -OCH3 is 1. The highest BCUT2D eigenvalue weighted by atomic mass is 32.1. The van der Waals surface area contributed by atoms with E-state index >= 15 is 0 Å². The van der Waals surface area contributed by atoms with Crippen LogP contribution in [-0.4, -0.2) is 71.7 Å². The molecule has 0 saturated carbocycles. The number of amides is 2. The van der Waals surface area contributed by atoms with E-state index < -0.39 is 0 Å². The average molecular weight is 530 g/mol. The van der Waals surface area contributed by atoms with E-state index in [2.05, 4.69) is 26.5 Å². The summed E-state index contributed by atoms with van der Waals surface area (Å²) in [6, 6.07) is 16.1. The fourth-order valence-electron chi connectivity index (χ4n) is 4.65. The van der Waals surface area contributed by atoms with E-state index in [1.165, 1.54) is 11.3 Å². The van der Waals surface area contributed by atoms with Gasteiger partial charge in [-0.05, 0) is 53.3 Å². The average Bonchev–Trinajstić information content (AvgIpc) is 3.55. The Hall–Kier alpha value is -3.79. The van der Waals surface area contributed by atoms with Gasteiger partial charge in [0.15, 0.2) is 0 Å². The number of aromatic nitrogens is 2. The van der Waals surface area contributed by atoms with Gasteiger partial charge in [-0.25, -0.2) is 0 Å². The van der Waals surface area contributed by atoms with Crippen molar-refractivity contribution in [2.24, 2.45) is 0 Å². The number of thiophene rings is 1. The van der Waals surface area contributed by atoms with Crippen LogP contribution in [0.2, 0.25) is 0 Å². The van der Waals surface area contributed by atoms with Crippen molar-refractivity contribution in [1.82, 2.24) is 20.0 Å². The molecule has 2 N–H and O–H groups in total.